The smallest absolute Gasteiger partial charge is 0.349 e. The fourth-order valence-electron chi connectivity index (χ4n) is 2.06. The minimum atomic E-state index is -0.269. The molecule has 1 aromatic rings. The Balaban J connectivity index is 2.26. The summed E-state index contributed by atoms with van der Waals surface area (Å²) in [4.78, 5) is 13.4. The standard InChI is InChI=1S/C14H17BrO2S/c1-14(2)6-4-9(5-7-14)11-8-10(15)12(18-11)13(16)17-3/h4,8H,5-7H2,1-3H3. The van der Waals surface area contributed by atoms with E-state index in [9.17, 15) is 4.79 Å². The molecule has 1 aliphatic carbocycles. The maximum Gasteiger partial charge on any atom is 0.349 e. The molecule has 1 aliphatic rings. The van der Waals surface area contributed by atoms with Crippen molar-refractivity contribution in [2.24, 2.45) is 5.41 Å². The van der Waals surface area contributed by atoms with Crippen molar-refractivity contribution >= 4 is 38.8 Å². The Morgan fingerprint density at radius 3 is 2.78 bits per heavy atom. The van der Waals surface area contributed by atoms with Crippen LogP contribution in [0.25, 0.3) is 5.57 Å². The molecule has 0 amide bonds. The Kier molecular flexibility index (Phi) is 3.97. The Bertz CT molecular complexity index is 500. The molecule has 1 heterocycles. The van der Waals surface area contributed by atoms with E-state index < -0.39 is 0 Å². The molecule has 4 heteroatoms. The highest BCUT2D eigenvalue weighted by Crippen LogP contribution is 2.41. The number of thiophene rings is 1. The van der Waals surface area contributed by atoms with Gasteiger partial charge in [0.15, 0.2) is 0 Å². The molecule has 2 nitrogen and oxygen atoms in total. The summed E-state index contributed by atoms with van der Waals surface area (Å²) in [6.45, 7) is 4.59. The van der Waals surface area contributed by atoms with Crippen molar-refractivity contribution < 1.29 is 9.53 Å². The van der Waals surface area contributed by atoms with Crippen LogP contribution in [-0.2, 0) is 4.74 Å². The van der Waals surface area contributed by atoms with Crippen LogP contribution in [0.2, 0.25) is 0 Å². The van der Waals surface area contributed by atoms with Gasteiger partial charge >= 0.3 is 5.97 Å². The molecule has 0 radical (unpaired) electrons. The van der Waals surface area contributed by atoms with Gasteiger partial charge in [0.25, 0.3) is 0 Å². The van der Waals surface area contributed by atoms with Crippen LogP contribution < -0.4 is 0 Å². The van der Waals surface area contributed by atoms with Crippen LogP contribution >= 0.6 is 27.3 Å². The lowest BCUT2D eigenvalue weighted by Crippen LogP contribution is -2.13. The third-order valence-corrected chi connectivity index (χ3v) is 5.42. The van der Waals surface area contributed by atoms with Crippen molar-refractivity contribution in [1.29, 1.82) is 0 Å². The number of allylic oxidation sites excluding steroid dienone is 2. The molecular weight excluding hydrogens is 312 g/mol. The Labute approximate surface area is 120 Å². The Morgan fingerprint density at radius 1 is 1.50 bits per heavy atom. The van der Waals surface area contributed by atoms with E-state index in [1.54, 1.807) is 0 Å². The first-order valence-corrected chi connectivity index (χ1v) is 7.61. The number of methoxy groups -OCH3 is 1. The third kappa shape index (κ3) is 2.86. The fraction of sp³-hybridized carbons (Fsp3) is 0.500. The summed E-state index contributed by atoms with van der Waals surface area (Å²) < 4.78 is 5.61. The number of carbonyl (C=O) groups excluding carboxylic acids is 1. The minimum Gasteiger partial charge on any atom is -0.465 e. The quantitative estimate of drug-likeness (QED) is 0.722. The van der Waals surface area contributed by atoms with Crippen molar-refractivity contribution in [2.45, 2.75) is 33.1 Å². The molecule has 0 saturated heterocycles. The first kappa shape index (κ1) is 13.8. The summed E-state index contributed by atoms with van der Waals surface area (Å²) >= 11 is 4.94. The molecule has 0 fully saturated rings. The van der Waals surface area contributed by atoms with Crippen LogP contribution in [0.1, 0.15) is 47.7 Å². The first-order chi connectivity index (χ1) is 8.43. The van der Waals surface area contributed by atoms with Gasteiger partial charge in [0, 0.05) is 9.35 Å². The number of ether oxygens (including phenoxy) is 1. The predicted octanol–water partition coefficient (Wildman–Crippen LogP) is 4.89. The predicted molar refractivity (Wildman–Crippen MR) is 79.0 cm³/mol. The number of rotatable bonds is 2. The van der Waals surface area contributed by atoms with Gasteiger partial charge in [-0.3, -0.25) is 0 Å². The van der Waals surface area contributed by atoms with Gasteiger partial charge in [-0.2, -0.15) is 0 Å². The molecule has 0 spiro atoms. The summed E-state index contributed by atoms with van der Waals surface area (Å²) in [5.74, 6) is -0.269. The van der Waals surface area contributed by atoms with Gasteiger partial charge < -0.3 is 4.74 Å². The Hall–Kier alpha value is -0.610. The van der Waals surface area contributed by atoms with Crippen LogP contribution in [-0.4, -0.2) is 13.1 Å². The van der Waals surface area contributed by atoms with E-state index in [-0.39, 0.29) is 5.97 Å². The van der Waals surface area contributed by atoms with E-state index in [4.69, 9.17) is 4.74 Å². The summed E-state index contributed by atoms with van der Waals surface area (Å²) in [6.07, 6.45) is 5.69. The number of hydrogen-bond acceptors (Lipinski definition) is 3. The second-order valence-corrected chi connectivity index (χ2v) is 7.28. The largest absolute Gasteiger partial charge is 0.465 e. The molecule has 0 atom stereocenters. The molecule has 0 bridgehead atoms. The van der Waals surface area contributed by atoms with E-state index in [1.807, 2.05) is 6.07 Å². The van der Waals surface area contributed by atoms with E-state index in [0.717, 1.165) is 17.3 Å². The van der Waals surface area contributed by atoms with Crippen molar-refractivity contribution in [3.8, 4) is 0 Å². The maximum absolute atomic E-state index is 11.6. The highest BCUT2D eigenvalue weighted by molar-refractivity contribution is 9.10. The number of halogens is 1. The first-order valence-electron chi connectivity index (χ1n) is 6.00. The van der Waals surface area contributed by atoms with Crippen LogP contribution in [0.5, 0.6) is 0 Å². The average molecular weight is 329 g/mol. The number of esters is 1. The zero-order valence-corrected chi connectivity index (χ0v) is 13.3. The van der Waals surface area contributed by atoms with Gasteiger partial charge in [-0.1, -0.05) is 19.9 Å². The van der Waals surface area contributed by atoms with Gasteiger partial charge in [-0.15, -0.1) is 11.3 Å². The fourth-order valence-corrected chi connectivity index (χ4v) is 3.88. The summed E-state index contributed by atoms with van der Waals surface area (Å²) in [6, 6.07) is 2.03. The molecule has 0 aliphatic heterocycles. The molecule has 0 N–H and O–H groups in total. The SMILES string of the molecule is COC(=O)c1sc(C2=CCC(C)(C)CC2)cc1Br. The van der Waals surface area contributed by atoms with Gasteiger partial charge in [0.1, 0.15) is 4.88 Å². The molecule has 2 rings (SSSR count). The van der Waals surface area contributed by atoms with Crippen LogP contribution in [0, 0.1) is 5.41 Å². The normalized spacial score (nSPS) is 18.3. The molecule has 0 aromatic carbocycles. The molecule has 1 aromatic heterocycles. The molecule has 0 unspecified atom stereocenters. The van der Waals surface area contributed by atoms with Crippen molar-refractivity contribution in [3.05, 3.63) is 26.4 Å². The minimum absolute atomic E-state index is 0.269. The summed E-state index contributed by atoms with van der Waals surface area (Å²) in [5, 5.41) is 0. The Morgan fingerprint density at radius 2 is 2.22 bits per heavy atom. The van der Waals surface area contributed by atoms with E-state index in [1.165, 1.54) is 35.3 Å². The van der Waals surface area contributed by atoms with Crippen LogP contribution in [0.4, 0.5) is 0 Å². The molecule has 18 heavy (non-hydrogen) atoms. The van der Waals surface area contributed by atoms with Crippen molar-refractivity contribution in [3.63, 3.8) is 0 Å². The van der Waals surface area contributed by atoms with Crippen LogP contribution in [0.3, 0.4) is 0 Å². The van der Waals surface area contributed by atoms with E-state index in [0.29, 0.717) is 10.3 Å². The monoisotopic (exact) mass is 328 g/mol. The second kappa shape index (κ2) is 5.17. The van der Waals surface area contributed by atoms with Crippen LogP contribution in [0.15, 0.2) is 16.6 Å². The zero-order valence-electron chi connectivity index (χ0n) is 10.9. The van der Waals surface area contributed by atoms with Gasteiger partial charge in [0.05, 0.1) is 7.11 Å². The zero-order chi connectivity index (χ0) is 13.3. The number of hydrogen-bond donors (Lipinski definition) is 0. The van der Waals surface area contributed by atoms with Crippen molar-refractivity contribution in [2.75, 3.05) is 7.11 Å². The second-order valence-electron chi connectivity index (χ2n) is 5.38. The lowest BCUT2D eigenvalue weighted by Gasteiger charge is -2.28. The molecule has 98 valence electrons. The summed E-state index contributed by atoms with van der Waals surface area (Å²) in [7, 11) is 1.41. The highest BCUT2D eigenvalue weighted by Gasteiger charge is 2.24. The maximum atomic E-state index is 11.6. The van der Waals surface area contributed by atoms with E-state index >= 15 is 0 Å². The van der Waals surface area contributed by atoms with Gasteiger partial charge in [0.2, 0.25) is 0 Å². The number of carbonyl (C=O) groups is 1. The molecular formula is C14H17BrO2S. The van der Waals surface area contributed by atoms with Gasteiger partial charge in [-0.25, -0.2) is 4.79 Å². The third-order valence-electron chi connectivity index (χ3n) is 3.35. The van der Waals surface area contributed by atoms with Crippen molar-refractivity contribution in [1.82, 2.24) is 0 Å². The topological polar surface area (TPSA) is 26.3 Å². The average Bonchev–Trinajstić information content (AvgIpc) is 2.70. The van der Waals surface area contributed by atoms with E-state index in [2.05, 4.69) is 35.9 Å². The lowest BCUT2D eigenvalue weighted by molar-refractivity contribution is 0.0605. The highest BCUT2D eigenvalue weighted by atomic mass is 79.9. The lowest BCUT2D eigenvalue weighted by atomic mass is 9.78. The van der Waals surface area contributed by atoms with Gasteiger partial charge in [-0.05, 0) is 52.2 Å². The summed E-state index contributed by atoms with van der Waals surface area (Å²) in [5.41, 5.74) is 1.76. The molecule has 0 saturated carbocycles.